The van der Waals surface area contributed by atoms with Gasteiger partial charge in [-0.1, -0.05) is 12.8 Å². The van der Waals surface area contributed by atoms with Crippen molar-refractivity contribution in [2.24, 2.45) is 5.92 Å². The summed E-state index contributed by atoms with van der Waals surface area (Å²) in [7, 11) is 4.29. The Balaban J connectivity index is 0.801. The van der Waals surface area contributed by atoms with E-state index < -0.39 is 36.1 Å². The number of nitrogens with one attached hydrogen (secondary N) is 4. The van der Waals surface area contributed by atoms with Crippen molar-refractivity contribution in [3.8, 4) is 11.5 Å². The largest absolute Gasteiger partial charge is 0.495 e. The lowest BCUT2D eigenvalue weighted by molar-refractivity contribution is -0.140. The molecule has 20 heteroatoms. The molecule has 8 rings (SSSR count). The van der Waals surface area contributed by atoms with Gasteiger partial charge in [0.1, 0.15) is 29.0 Å². The molecule has 344 valence electrons. The van der Waals surface area contributed by atoms with E-state index in [2.05, 4.69) is 36.2 Å². The van der Waals surface area contributed by atoms with E-state index in [1.54, 1.807) is 29.2 Å². The molecule has 1 atom stereocenters. The summed E-state index contributed by atoms with van der Waals surface area (Å²) in [5, 5.41) is 10.4. The number of halogens is 3. The Hall–Kier alpha value is -5.89. The number of rotatable bonds is 13. The molecule has 5 heterocycles. The van der Waals surface area contributed by atoms with E-state index >= 15 is 13.2 Å². The third-order valence-electron chi connectivity index (χ3n) is 13.1. The summed E-state index contributed by atoms with van der Waals surface area (Å²) in [6.07, 6.45) is 8.06. The highest BCUT2D eigenvalue weighted by molar-refractivity contribution is 6.02. The van der Waals surface area contributed by atoms with Gasteiger partial charge < -0.3 is 34.8 Å². The zero-order chi connectivity index (χ0) is 45.1. The standard InChI is InChI=1S/C44H56F3N11O6/c1-54-35-25-48-43(52-39(35)58(29-6-4-5-7-29)26-44(46,47)42(54)62)50-31-9-8-28(22-36(31)63-2)40(60)53-57-16-13-27(14-17-57)12-15-55-18-20-56(21-19-55)34-24-37(64-3)33(23-30(34)45)49-32-10-11-38(59)51-41(32)61/h8-9,22-25,27,29,32,49H,4-7,10-21,26H2,1-3H3,(H,53,60)(H,48,50,52)(H,51,59,61). The van der Waals surface area contributed by atoms with Gasteiger partial charge in [0, 0.05) is 76.5 Å². The monoisotopic (exact) mass is 891 g/mol. The van der Waals surface area contributed by atoms with E-state index in [1.165, 1.54) is 33.5 Å². The highest BCUT2D eigenvalue weighted by Gasteiger charge is 2.49. The van der Waals surface area contributed by atoms with E-state index in [4.69, 9.17) is 9.47 Å². The van der Waals surface area contributed by atoms with Crippen molar-refractivity contribution in [2.75, 3.05) is 99.0 Å². The van der Waals surface area contributed by atoms with Gasteiger partial charge in [-0.05, 0) is 69.2 Å². The highest BCUT2D eigenvalue weighted by Crippen LogP contribution is 2.40. The number of hydrazine groups is 1. The number of ether oxygens (including phenoxy) is 2. The predicted molar refractivity (Wildman–Crippen MR) is 234 cm³/mol. The van der Waals surface area contributed by atoms with E-state index in [-0.39, 0.29) is 41.7 Å². The molecule has 17 nitrogen and oxygen atoms in total. The normalized spacial score (nSPS) is 21.3. The van der Waals surface area contributed by atoms with Gasteiger partial charge in [0.25, 0.3) is 11.8 Å². The number of aromatic nitrogens is 2. The summed E-state index contributed by atoms with van der Waals surface area (Å²) in [4.78, 5) is 65.8. The first-order valence-corrected chi connectivity index (χ1v) is 22.1. The lowest BCUT2D eigenvalue weighted by Gasteiger charge is -2.38. The SMILES string of the molecule is COc1cc(C(=O)NN2CCC(CCN3CCN(c4cc(OC)c(NC5CCC(=O)NC5=O)cc4F)CC3)CC2)ccc1Nc1ncc2c(n1)N(C1CCCC1)CC(F)(F)C(=O)N2C. The van der Waals surface area contributed by atoms with Gasteiger partial charge in [0.2, 0.25) is 17.8 Å². The zero-order valence-electron chi connectivity index (χ0n) is 36.4. The first kappa shape index (κ1) is 44.7. The predicted octanol–water partition coefficient (Wildman–Crippen LogP) is 4.52. The average Bonchev–Trinajstić information content (AvgIpc) is 3.82. The number of alkyl halides is 2. The van der Waals surface area contributed by atoms with E-state index in [0.717, 1.165) is 69.5 Å². The number of carbonyl (C=O) groups is 4. The lowest BCUT2D eigenvalue weighted by atomic mass is 9.94. The molecular formula is C44H56F3N11O6. The number of benzene rings is 2. The number of piperazine rings is 1. The average molecular weight is 892 g/mol. The molecule has 1 aliphatic carbocycles. The number of carbonyl (C=O) groups excluding carboxylic acids is 4. The topological polar surface area (TPSA) is 177 Å². The first-order valence-electron chi connectivity index (χ1n) is 22.1. The molecule has 3 saturated heterocycles. The molecular weight excluding hydrogens is 836 g/mol. The molecule has 0 spiro atoms. The second-order valence-corrected chi connectivity index (χ2v) is 17.2. The van der Waals surface area contributed by atoms with Crippen LogP contribution in [0.15, 0.2) is 36.5 Å². The fourth-order valence-corrected chi connectivity index (χ4v) is 9.36. The highest BCUT2D eigenvalue weighted by atomic mass is 19.3. The van der Waals surface area contributed by atoms with Crippen molar-refractivity contribution in [2.45, 2.75) is 75.8 Å². The van der Waals surface area contributed by atoms with Crippen LogP contribution < -0.4 is 45.5 Å². The Morgan fingerprint density at radius 3 is 2.33 bits per heavy atom. The molecule has 4 N–H and O–H groups in total. The number of piperidine rings is 2. The van der Waals surface area contributed by atoms with Crippen molar-refractivity contribution in [1.82, 2.24) is 30.6 Å². The maximum absolute atomic E-state index is 15.4. The van der Waals surface area contributed by atoms with Crippen LogP contribution in [0, 0.1) is 11.7 Å². The molecule has 2 aromatic carbocycles. The van der Waals surface area contributed by atoms with E-state index in [9.17, 15) is 19.2 Å². The van der Waals surface area contributed by atoms with Crippen LogP contribution in [0.3, 0.4) is 0 Å². The third kappa shape index (κ3) is 9.76. The molecule has 4 fully saturated rings. The van der Waals surface area contributed by atoms with Crippen molar-refractivity contribution in [1.29, 1.82) is 0 Å². The van der Waals surface area contributed by atoms with Crippen molar-refractivity contribution in [3.05, 3.63) is 47.9 Å². The van der Waals surface area contributed by atoms with Crippen molar-refractivity contribution in [3.63, 3.8) is 0 Å². The van der Waals surface area contributed by atoms with Gasteiger partial charge in [0.05, 0.1) is 44.0 Å². The summed E-state index contributed by atoms with van der Waals surface area (Å²) >= 11 is 0. The summed E-state index contributed by atoms with van der Waals surface area (Å²) < 4.78 is 56.7. The number of nitrogens with zero attached hydrogens (tertiary/aromatic N) is 7. The fraction of sp³-hybridized carbons (Fsp3) is 0.545. The van der Waals surface area contributed by atoms with Gasteiger partial charge in [-0.2, -0.15) is 13.8 Å². The van der Waals surface area contributed by atoms with Crippen LogP contribution in [0.5, 0.6) is 11.5 Å². The number of hydrogen-bond acceptors (Lipinski definition) is 14. The van der Waals surface area contributed by atoms with Crippen LogP contribution in [0.4, 0.5) is 47.7 Å². The second-order valence-electron chi connectivity index (χ2n) is 17.2. The molecule has 4 amide bonds. The molecule has 5 aliphatic rings. The Kier molecular flexibility index (Phi) is 13.3. The summed E-state index contributed by atoms with van der Waals surface area (Å²) in [5.41, 5.74) is 4.91. The summed E-state index contributed by atoms with van der Waals surface area (Å²) in [5.74, 6) is -4.65. The molecule has 1 saturated carbocycles. The fourth-order valence-electron chi connectivity index (χ4n) is 9.36. The number of anilines is 6. The van der Waals surface area contributed by atoms with Gasteiger partial charge in [-0.3, -0.25) is 34.8 Å². The molecule has 3 aromatic rings. The van der Waals surface area contributed by atoms with Crippen LogP contribution in [-0.4, -0.2) is 135 Å². The number of fused-ring (bicyclic) bond motifs is 1. The number of imide groups is 1. The third-order valence-corrected chi connectivity index (χ3v) is 13.1. The molecule has 0 bridgehead atoms. The minimum absolute atomic E-state index is 0.134. The first-order chi connectivity index (χ1) is 30.8. The van der Waals surface area contributed by atoms with Crippen LogP contribution >= 0.6 is 0 Å². The van der Waals surface area contributed by atoms with Gasteiger partial charge in [0.15, 0.2) is 5.82 Å². The number of amides is 4. The zero-order valence-corrected chi connectivity index (χ0v) is 36.4. The summed E-state index contributed by atoms with van der Waals surface area (Å²) in [6, 6.07) is 7.15. The quantitative estimate of drug-likeness (QED) is 0.176. The molecule has 0 radical (unpaired) electrons. The van der Waals surface area contributed by atoms with Crippen LogP contribution in [0.1, 0.15) is 68.1 Å². The maximum Gasteiger partial charge on any atom is 0.342 e. The van der Waals surface area contributed by atoms with Gasteiger partial charge in [-0.25, -0.2) is 14.4 Å². The minimum atomic E-state index is -3.58. The Morgan fingerprint density at radius 2 is 1.62 bits per heavy atom. The molecule has 1 aromatic heterocycles. The maximum atomic E-state index is 15.4. The Morgan fingerprint density at radius 1 is 0.906 bits per heavy atom. The Labute approximate surface area is 370 Å². The smallest absolute Gasteiger partial charge is 0.342 e. The van der Waals surface area contributed by atoms with Crippen LogP contribution in [0.25, 0.3) is 0 Å². The van der Waals surface area contributed by atoms with Crippen molar-refractivity contribution < 1.29 is 41.8 Å². The van der Waals surface area contributed by atoms with Crippen LogP contribution in [0.2, 0.25) is 0 Å². The second kappa shape index (κ2) is 19.1. The molecule has 4 aliphatic heterocycles. The van der Waals surface area contributed by atoms with E-state index in [1.807, 2.05) is 9.91 Å². The molecule has 1 unspecified atom stereocenters. The van der Waals surface area contributed by atoms with E-state index in [0.29, 0.717) is 72.6 Å². The van der Waals surface area contributed by atoms with Gasteiger partial charge >= 0.3 is 5.92 Å². The Bertz CT molecular complexity index is 2230. The number of hydrogen-bond donors (Lipinski definition) is 4. The van der Waals surface area contributed by atoms with Crippen molar-refractivity contribution >= 4 is 58.1 Å². The summed E-state index contributed by atoms with van der Waals surface area (Å²) in [6.45, 7) is 4.44. The van der Waals surface area contributed by atoms with Gasteiger partial charge in [-0.15, -0.1) is 0 Å². The minimum Gasteiger partial charge on any atom is -0.495 e. The molecule has 64 heavy (non-hydrogen) atoms. The number of methoxy groups -OCH3 is 2. The van der Waals surface area contributed by atoms with Crippen LogP contribution in [-0.2, 0) is 14.4 Å². The lowest BCUT2D eigenvalue weighted by Crippen LogP contribution is -2.48.